The van der Waals surface area contributed by atoms with E-state index in [0.717, 1.165) is 109 Å². The fourth-order valence-corrected chi connectivity index (χ4v) is 11.3. The first-order valence-corrected chi connectivity index (χ1v) is 37.2. The fraction of sp³-hybridized carbons (Fsp3) is 0.938. The largest absolute Gasteiger partial charge is 0.472 e. The fourth-order valence-electron chi connectivity index (χ4n) is 9.73. The normalized spacial score (nSPS) is 14.5. The third-order valence-electron chi connectivity index (χ3n) is 15.4. The van der Waals surface area contributed by atoms with E-state index in [2.05, 4.69) is 34.6 Å². The Morgan fingerprint density at radius 2 is 0.571 bits per heavy atom. The third kappa shape index (κ3) is 57.8. The summed E-state index contributed by atoms with van der Waals surface area (Å²) in [6.07, 6.45) is 43.1. The van der Waals surface area contributed by atoms with Crippen LogP contribution in [-0.2, 0) is 65.4 Å². The van der Waals surface area contributed by atoms with E-state index in [-0.39, 0.29) is 25.7 Å². The predicted molar refractivity (Wildman–Crippen MR) is 335 cm³/mol. The maximum absolute atomic E-state index is 13.0. The Hall–Kier alpha value is -1.94. The highest BCUT2D eigenvalue weighted by atomic mass is 31.2. The number of ether oxygens (including phenoxy) is 4. The number of rotatable bonds is 65. The SMILES string of the molecule is CCCCCCCCCCCCCCCCCCC(=O)O[C@H](COC(=O)CCCCCCCCCCC(C)CC)COP(=O)(O)OC[C@@H](O)COP(=O)(O)OC[C@@H](COC(=O)CCCCCCCCC)OC(=O)CCCCCCCCCCC. The number of esters is 4. The van der Waals surface area contributed by atoms with Crippen molar-refractivity contribution in [2.75, 3.05) is 39.6 Å². The van der Waals surface area contributed by atoms with Crippen molar-refractivity contribution in [3.63, 3.8) is 0 Å². The summed E-state index contributed by atoms with van der Waals surface area (Å²) in [5, 5.41) is 10.5. The monoisotopic (exact) mass is 1240 g/mol. The number of phosphoric acid groups is 2. The highest BCUT2D eigenvalue weighted by Crippen LogP contribution is 2.45. The third-order valence-corrected chi connectivity index (χ3v) is 17.3. The van der Waals surface area contributed by atoms with Gasteiger partial charge in [-0.2, -0.15) is 0 Å². The van der Waals surface area contributed by atoms with Gasteiger partial charge in [-0.05, 0) is 31.6 Å². The second kappa shape index (κ2) is 58.7. The van der Waals surface area contributed by atoms with Crippen LogP contribution in [0.1, 0.15) is 330 Å². The Kier molecular flexibility index (Phi) is 57.4. The quantitative estimate of drug-likeness (QED) is 0.0222. The molecule has 0 bridgehead atoms. The van der Waals surface area contributed by atoms with Gasteiger partial charge in [-0.15, -0.1) is 0 Å². The molecule has 0 heterocycles. The van der Waals surface area contributed by atoms with E-state index in [1.165, 1.54) is 141 Å². The van der Waals surface area contributed by atoms with Crippen LogP contribution in [0.2, 0.25) is 0 Å². The van der Waals surface area contributed by atoms with E-state index >= 15 is 0 Å². The van der Waals surface area contributed by atoms with Crippen LogP contribution in [-0.4, -0.2) is 96.7 Å². The molecule has 0 amide bonds. The second-order valence-electron chi connectivity index (χ2n) is 23.7. The van der Waals surface area contributed by atoms with Crippen molar-refractivity contribution < 1.29 is 80.2 Å². The minimum Gasteiger partial charge on any atom is -0.462 e. The van der Waals surface area contributed by atoms with Gasteiger partial charge in [0.15, 0.2) is 12.2 Å². The number of phosphoric ester groups is 2. The van der Waals surface area contributed by atoms with Gasteiger partial charge in [0.25, 0.3) is 0 Å². The molecule has 0 aromatic rings. The molecule has 0 aromatic heterocycles. The topological polar surface area (TPSA) is 237 Å². The number of hydrogen-bond donors (Lipinski definition) is 3. The maximum atomic E-state index is 13.0. The van der Waals surface area contributed by atoms with Crippen molar-refractivity contribution in [2.45, 2.75) is 348 Å². The van der Waals surface area contributed by atoms with Crippen LogP contribution in [0.3, 0.4) is 0 Å². The molecule has 498 valence electrons. The lowest BCUT2D eigenvalue weighted by Gasteiger charge is -2.21. The van der Waals surface area contributed by atoms with E-state index in [1.54, 1.807) is 0 Å². The Morgan fingerprint density at radius 3 is 0.845 bits per heavy atom. The van der Waals surface area contributed by atoms with Crippen molar-refractivity contribution in [3.8, 4) is 0 Å². The van der Waals surface area contributed by atoms with E-state index in [0.29, 0.717) is 25.7 Å². The molecular weight excluding hydrogens is 1110 g/mol. The van der Waals surface area contributed by atoms with Crippen LogP contribution in [0.15, 0.2) is 0 Å². The minimum absolute atomic E-state index is 0.105. The zero-order valence-corrected chi connectivity index (χ0v) is 55.8. The molecule has 0 saturated carbocycles. The second-order valence-corrected chi connectivity index (χ2v) is 26.7. The molecule has 0 aliphatic carbocycles. The molecule has 0 aromatic carbocycles. The van der Waals surface area contributed by atoms with Crippen LogP contribution in [0.4, 0.5) is 0 Å². The highest BCUT2D eigenvalue weighted by Gasteiger charge is 2.30. The maximum Gasteiger partial charge on any atom is 0.472 e. The smallest absolute Gasteiger partial charge is 0.462 e. The lowest BCUT2D eigenvalue weighted by Crippen LogP contribution is -2.30. The van der Waals surface area contributed by atoms with Crippen molar-refractivity contribution in [2.24, 2.45) is 5.92 Å². The van der Waals surface area contributed by atoms with E-state index < -0.39 is 97.5 Å². The predicted octanol–water partition coefficient (Wildman–Crippen LogP) is 18.2. The zero-order valence-electron chi connectivity index (χ0n) is 54.0. The molecule has 3 N–H and O–H groups in total. The molecule has 0 aliphatic rings. The number of carbonyl (C=O) groups excluding carboxylic acids is 4. The number of carbonyl (C=O) groups is 4. The van der Waals surface area contributed by atoms with Gasteiger partial charge in [-0.25, -0.2) is 9.13 Å². The average molecular weight is 1240 g/mol. The molecule has 0 radical (unpaired) electrons. The number of hydrogen-bond acceptors (Lipinski definition) is 15. The standard InChI is InChI=1S/C65H126O17P2/c1-6-10-13-16-19-21-22-23-24-25-26-27-29-36-41-46-51-65(70)82-61(55-76-63(68)49-44-39-34-31-30-33-37-42-47-58(5)9-4)57-80-84(73,74)78-53-59(66)52-77-83(71,72)79-56-60(54-75-62(67)48-43-38-32-18-15-12-8-3)81-64(69)50-45-40-35-28-20-17-14-11-7-2/h58-61,66H,6-57H2,1-5H3,(H,71,72)(H,73,74)/t58?,59-,60+,61+/m0/s1. The minimum atomic E-state index is -4.94. The summed E-state index contributed by atoms with van der Waals surface area (Å²) < 4.78 is 67.9. The summed E-state index contributed by atoms with van der Waals surface area (Å²) in [7, 11) is -9.88. The first kappa shape index (κ1) is 82.1. The van der Waals surface area contributed by atoms with E-state index in [9.17, 15) is 43.2 Å². The van der Waals surface area contributed by atoms with Gasteiger partial charge < -0.3 is 33.8 Å². The summed E-state index contributed by atoms with van der Waals surface area (Å²) in [6.45, 7) is 7.15. The molecule has 0 spiro atoms. The Bertz CT molecular complexity index is 1640. The first-order chi connectivity index (χ1) is 40.6. The number of unbranched alkanes of at least 4 members (excludes halogenated alkanes) is 36. The Labute approximate surface area is 511 Å². The van der Waals surface area contributed by atoms with Crippen molar-refractivity contribution in [3.05, 3.63) is 0 Å². The van der Waals surface area contributed by atoms with Gasteiger partial charge in [-0.1, -0.05) is 279 Å². The van der Waals surface area contributed by atoms with Crippen LogP contribution in [0.5, 0.6) is 0 Å². The van der Waals surface area contributed by atoms with Crippen LogP contribution >= 0.6 is 15.6 Å². The molecule has 0 fully saturated rings. The molecule has 0 rings (SSSR count). The first-order valence-electron chi connectivity index (χ1n) is 34.2. The summed E-state index contributed by atoms with van der Waals surface area (Å²) in [4.78, 5) is 72.1. The van der Waals surface area contributed by atoms with E-state index in [1.807, 2.05) is 0 Å². The van der Waals surface area contributed by atoms with Crippen LogP contribution < -0.4 is 0 Å². The summed E-state index contributed by atoms with van der Waals surface area (Å²) >= 11 is 0. The Morgan fingerprint density at radius 1 is 0.333 bits per heavy atom. The number of aliphatic hydroxyl groups is 1. The van der Waals surface area contributed by atoms with Crippen molar-refractivity contribution in [1.29, 1.82) is 0 Å². The summed E-state index contributed by atoms with van der Waals surface area (Å²) in [5.41, 5.74) is 0. The zero-order chi connectivity index (χ0) is 62.0. The molecule has 3 unspecified atom stereocenters. The summed E-state index contributed by atoms with van der Waals surface area (Å²) in [6, 6.07) is 0. The highest BCUT2D eigenvalue weighted by molar-refractivity contribution is 7.47. The Balaban J connectivity index is 5.20. The van der Waals surface area contributed by atoms with Gasteiger partial charge >= 0.3 is 39.5 Å². The van der Waals surface area contributed by atoms with Gasteiger partial charge in [0.05, 0.1) is 26.4 Å². The molecule has 0 saturated heterocycles. The molecule has 6 atom stereocenters. The molecule has 84 heavy (non-hydrogen) atoms. The molecule has 17 nitrogen and oxygen atoms in total. The summed E-state index contributed by atoms with van der Waals surface area (Å²) in [5.74, 6) is -1.36. The van der Waals surface area contributed by atoms with Gasteiger partial charge in [0.2, 0.25) is 0 Å². The molecule has 19 heteroatoms. The van der Waals surface area contributed by atoms with Crippen molar-refractivity contribution >= 4 is 39.5 Å². The van der Waals surface area contributed by atoms with E-state index in [4.69, 9.17) is 37.0 Å². The van der Waals surface area contributed by atoms with Crippen molar-refractivity contribution in [1.82, 2.24) is 0 Å². The average Bonchev–Trinajstić information content (AvgIpc) is 3.51. The lowest BCUT2D eigenvalue weighted by atomic mass is 9.99. The van der Waals surface area contributed by atoms with Gasteiger partial charge in [0.1, 0.15) is 19.3 Å². The van der Waals surface area contributed by atoms with Crippen LogP contribution in [0, 0.1) is 5.92 Å². The lowest BCUT2D eigenvalue weighted by molar-refractivity contribution is -0.161. The number of aliphatic hydroxyl groups excluding tert-OH is 1. The van der Waals surface area contributed by atoms with Gasteiger partial charge in [-0.3, -0.25) is 37.3 Å². The molecular formula is C65H126O17P2. The van der Waals surface area contributed by atoms with Gasteiger partial charge in [0, 0.05) is 25.7 Å². The molecule has 0 aliphatic heterocycles. The van der Waals surface area contributed by atoms with Crippen LogP contribution in [0.25, 0.3) is 0 Å².